The molecule has 0 radical (unpaired) electrons. The summed E-state index contributed by atoms with van der Waals surface area (Å²) in [6.45, 7) is 7.31. The first-order chi connectivity index (χ1) is 19.6. The average Bonchev–Trinajstić information content (AvgIpc) is 3.45. The van der Waals surface area contributed by atoms with Crippen LogP contribution in [0.25, 0.3) is 33.4 Å². The third-order valence-corrected chi connectivity index (χ3v) is 7.25. The van der Waals surface area contributed by atoms with E-state index in [4.69, 9.17) is 14.0 Å². The number of ether oxygens (including phenoxy) is 2. The number of hydrogen-bond acceptors (Lipinski definition) is 4. The van der Waals surface area contributed by atoms with E-state index < -0.39 is 0 Å². The lowest BCUT2D eigenvalue weighted by Crippen LogP contribution is -2.82. The van der Waals surface area contributed by atoms with Gasteiger partial charge in [-0.3, -0.25) is 0 Å². The minimum atomic E-state index is 0.714. The van der Waals surface area contributed by atoms with Gasteiger partial charge in [0.15, 0.2) is 5.76 Å². The molecule has 0 saturated carbocycles. The number of methoxy groups -OCH3 is 1. The second-order valence-electron chi connectivity index (χ2n) is 10.5. The molecule has 5 aromatic rings. The Morgan fingerprint density at radius 1 is 0.800 bits per heavy atom. The van der Waals surface area contributed by atoms with E-state index in [9.17, 15) is 0 Å². The highest BCUT2D eigenvalue weighted by atomic mass is 16.5. The summed E-state index contributed by atoms with van der Waals surface area (Å²) in [5.41, 5.74) is 6.78. The van der Waals surface area contributed by atoms with E-state index in [1.807, 2.05) is 48.5 Å². The van der Waals surface area contributed by atoms with E-state index in [1.165, 1.54) is 42.5 Å². The molecule has 0 spiro atoms. The molecule has 0 aliphatic rings. The summed E-state index contributed by atoms with van der Waals surface area (Å²) in [7, 11) is 1.68. The van der Waals surface area contributed by atoms with Crippen molar-refractivity contribution in [2.75, 3.05) is 20.3 Å². The smallest absolute Gasteiger partial charge is 0.167 e. The Morgan fingerprint density at radius 2 is 1.57 bits per heavy atom. The fourth-order valence-electron chi connectivity index (χ4n) is 5.32. The van der Waals surface area contributed by atoms with Gasteiger partial charge in [0.1, 0.15) is 23.7 Å². The summed E-state index contributed by atoms with van der Waals surface area (Å²) in [5.74, 6) is 2.37. The van der Waals surface area contributed by atoms with Crippen LogP contribution in [0.2, 0.25) is 0 Å². The van der Waals surface area contributed by atoms with Gasteiger partial charge in [-0.15, -0.1) is 0 Å². The maximum Gasteiger partial charge on any atom is 0.167 e. The van der Waals surface area contributed by atoms with Crippen molar-refractivity contribution in [1.29, 1.82) is 0 Å². The number of benzene rings is 4. The van der Waals surface area contributed by atoms with Crippen molar-refractivity contribution in [2.45, 2.75) is 46.1 Å². The van der Waals surface area contributed by atoms with Gasteiger partial charge in [-0.05, 0) is 80.6 Å². The summed E-state index contributed by atoms with van der Waals surface area (Å²) < 4.78 is 17.4. The second-order valence-corrected chi connectivity index (χ2v) is 10.5. The van der Waals surface area contributed by atoms with Crippen molar-refractivity contribution < 1.29 is 19.3 Å². The highest BCUT2D eigenvalue weighted by molar-refractivity contribution is 5.99. The second kappa shape index (κ2) is 13.3. The zero-order valence-corrected chi connectivity index (χ0v) is 23.8. The highest BCUT2D eigenvalue weighted by Crippen LogP contribution is 2.38. The van der Waals surface area contributed by atoms with E-state index in [-0.39, 0.29) is 0 Å². The molecule has 1 aromatic heterocycles. The van der Waals surface area contributed by atoms with Crippen LogP contribution in [0.15, 0.2) is 89.5 Å². The maximum atomic E-state index is 5.99. The number of rotatable bonds is 13. The molecular weight excluding hydrogens is 496 g/mol. The summed E-state index contributed by atoms with van der Waals surface area (Å²) >= 11 is 0. The molecule has 1 heterocycles. The van der Waals surface area contributed by atoms with Crippen molar-refractivity contribution in [3.63, 3.8) is 0 Å². The highest BCUT2D eigenvalue weighted by Gasteiger charge is 2.16. The summed E-state index contributed by atoms with van der Waals surface area (Å²) in [6, 6.07) is 29.1. The molecule has 0 aliphatic carbocycles. The molecule has 0 unspecified atom stereocenters. The monoisotopic (exact) mass is 535 g/mol. The number of nitrogens with two attached hydrogens (primary N) is 1. The number of hydrogen-bond donors (Lipinski definition) is 1. The van der Waals surface area contributed by atoms with Gasteiger partial charge in [0.05, 0.1) is 25.8 Å². The number of quaternary nitrogens is 1. The molecule has 206 valence electrons. The Bertz CT molecular complexity index is 1520. The minimum Gasteiger partial charge on any atom is -0.496 e. The van der Waals surface area contributed by atoms with Gasteiger partial charge in [-0.2, -0.15) is 0 Å². The fraction of sp³-hybridized carbons (Fsp3) is 0.286. The van der Waals surface area contributed by atoms with Crippen LogP contribution >= 0.6 is 0 Å². The summed E-state index contributed by atoms with van der Waals surface area (Å²) in [6.07, 6.45) is 4.73. The standard InChI is InChI=1S/C35H38N2O3/c1-25-20-26(2)22-27(21-25)24-36-18-8-4-5-9-19-39-30-15-12-29(13-16-30)34-23-32(37-40-34)35-31-11-7-6-10-28(31)14-17-33(35)38-3/h6-7,10-17,20-23,36H,4-5,8-9,18-19,24H2,1-3H3/p+1. The van der Waals surface area contributed by atoms with Gasteiger partial charge in [-0.25, -0.2) is 0 Å². The molecule has 0 amide bonds. The lowest BCUT2D eigenvalue weighted by molar-refractivity contribution is -0.671. The van der Waals surface area contributed by atoms with Crippen LogP contribution in [0.3, 0.4) is 0 Å². The van der Waals surface area contributed by atoms with Crippen LogP contribution in [-0.4, -0.2) is 25.4 Å². The first kappa shape index (κ1) is 27.5. The van der Waals surface area contributed by atoms with Gasteiger partial charge in [-0.1, -0.05) is 64.8 Å². The van der Waals surface area contributed by atoms with E-state index in [2.05, 4.69) is 60.7 Å². The third-order valence-electron chi connectivity index (χ3n) is 7.25. The molecule has 0 saturated heterocycles. The molecular formula is C35H39N2O3+. The molecule has 0 bridgehead atoms. The molecule has 5 rings (SSSR count). The number of aromatic nitrogens is 1. The van der Waals surface area contributed by atoms with Gasteiger partial charge >= 0.3 is 0 Å². The topological polar surface area (TPSA) is 61.1 Å². The molecule has 0 fully saturated rings. The molecule has 40 heavy (non-hydrogen) atoms. The normalized spacial score (nSPS) is 11.2. The summed E-state index contributed by atoms with van der Waals surface area (Å²) in [5, 5.41) is 9.01. The van der Waals surface area contributed by atoms with E-state index >= 15 is 0 Å². The summed E-state index contributed by atoms with van der Waals surface area (Å²) in [4.78, 5) is 0. The Hall–Kier alpha value is -4.09. The molecule has 5 nitrogen and oxygen atoms in total. The van der Waals surface area contributed by atoms with Gasteiger partial charge in [0.25, 0.3) is 0 Å². The number of nitrogens with zero attached hydrogens (tertiary/aromatic N) is 1. The predicted molar refractivity (Wildman–Crippen MR) is 162 cm³/mol. The SMILES string of the molecule is COc1ccc2ccccc2c1-c1cc(-c2ccc(OCCCCCC[NH2+]Cc3cc(C)cc(C)c3)cc2)on1. The average molecular weight is 536 g/mol. The lowest BCUT2D eigenvalue weighted by atomic mass is 10.0. The van der Waals surface area contributed by atoms with Gasteiger partial charge in [0, 0.05) is 17.2 Å². The van der Waals surface area contributed by atoms with Crippen molar-refractivity contribution >= 4 is 10.8 Å². The largest absolute Gasteiger partial charge is 0.496 e. The quantitative estimate of drug-likeness (QED) is 0.159. The van der Waals surface area contributed by atoms with E-state index in [0.29, 0.717) is 5.76 Å². The first-order valence-corrected chi connectivity index (χ1v) is 14.3. The predicted octanol–water partition coefficient (Wildman–Crippen LogP) is 7.49. The van der Waals surface area contributed by atoms with Crippen LogP contribution in [0.5, 0.6) is 11.5 Å². The van der Waals surface area contributed by atoms with Crippen LogP contribution in [0.1, 0.15) is 42.4 Å². The van der Waals surface area contributed by atoms with Gasteiger partial charge in [0.2, 0.25) is 0 Å². The van der Waals surface area contributed by atoms with Crippen LogP contribution < -0.4 is 14.8 Å². The van der Waals surface area contributed by atoms with Crippen LogP contribution in [0, 0.1) is 13.8 Å². The molecule has 0 atom stereocenters. The van der Waals surface area contributed by atoms with E-state index in [0.717, 1.165) is 58.7 Å². The van der Waals surface area contributed by atoms with Crippen LogP contribution in [-0.2, 0) is 6.54 Å². The number of aryl methyl sites for hydroxylation is 2. The Balaban J connectivity index is 1.06. The van der Waals surface area contributed by atoms with Crippen molar-refractivity contribution in [2.24, 2.45) is 0 Å². The molecule has 4 aromatic carbocycles. The Morgan fingerprint density at radius 3 is 2.38 bits per heavy atom. The first-order valence-electron chi connectivity index (χ1n) is 14.3. The molecule has 2 N–H and O–H groups in total. The zero-order chi connectivity index (χ0) is 27.7. The minimum absolute atomic E-state index is 0.714. The molecule has 0 aliphatic heterocycles. The number of fused-ring (bicyclic) bond motifs is 1. The van der Waals surface area contributed by atoms with Crippen molar-refractivity contribution in [3.8, 4) is 34.1 Å². The van der Waals surface area contributed by atoms with Gasteiger partial charge < -0.3 is 19.3 Å². The number of unbranched alkanes of at least 4 members (excludes halogenated alkanes) is 3. The van der Waals surface area contributed by atoms with Crippen molar-refractivity contribution in [1.82, 2.24) is 5.16 Å². The Labute approximate surface area is 237 Å². The maximum absolute atomic E-state index is 5.99. The third kappa shape index (κ3) is 6.91. The molecule has 5 heteroatoms. The Kier molecular flexibility index (Phi) is 9.15. The van der Waals surface area contributed by atoms with Crippen molar-refractivity contribution in [3.05, 3.63) is 102 Å². The fourth-order valence-corrected chi connectivity index (χ4v) is 5.32. The van der Waals surface area contributed by atoms with E-state index in [1.54, 1.807) is 7.11 Å². The zero-order valence-electron chi connectivity index (χ0n) is 23.8. The van der Waals surface area contributed by atoms with Crippen LogP contribution in [0.4, 0.5) is 0 Å². The lowest BCUT2D eigenvalue weighted by Gasteiger charge is -2.09.